The van der Waals surface area contributed by atoms with Gasteiger partial charge in [0.2, 0.25) is 0 Å². The number of fused-ring (bicyclic) bond motifs is 8. The number of para-hydroxylation sites is 1. The van der Waals surface area contributed by atoms with E-state index in [9.17, 15) is 0 Å². The second-order valence-electron chi connectivity index (χ2n) is 10.9. The van der Waals surface area contributed by atoms with Crippen LogP contribution in [0.25, 0.3) is 77.3 Å². The van der Waals surface area contributed by atoms with Gasteiger partial charge in [0.25, 0.3) is 0 Å². The zero-order valence-electron chi connectivity index (χ0n) is 22.6. The summed E-state index contributed by atoms with van der Waals surface area (Å²) in [5.41, 5.74) is 8.36. The Bertz CT molecular complexity index is 2390. The summed E-state index contributed by atoms with van der Waals surface area (Å²) in [5, 5.41) is 5.46. The average Bonchev–Trinajstić information content (AvgIpc) is 3.63. The Morgan fingerprint density at radius 2 is 1.36 bits per heavy atom. The van der Waals surface area contributed by atoms with Gasteiger partial charge in [0, 0.05) is 33.0 Å². The minimum absolute atomic E-state index is 0.123. The standard InChI is InChI=1S/C38H24N2O2/c1-3-11-23(12-4-1)30-22-31-27-20-19-25(21-33(27)42-36(31)28-16-8-7-15-26(28)30)38-39-34(24-13-5-2-6-14-24)37-35(40-38)29-17-9-10-18-32(29)41-37/h1-13,15-22,24H,14H2. The highest BCUT2D eigenvalue weighted by atomic mass is 16.3. The Hall–Kier alpha value is -5.48. The van der Waals surface area contributed by atoms with Crippen molar-refractivity contribution in [3.8, 4) is 22.5 Å². The summed E-state index contributed by atoms with van der Waals surface area (Å²) in [4.78, 5) is 10.2. The molecule has 0 amide bonds. The highest BCUT2D eigenvalue weighted by Gasteiger charge is 2.22. The van der Waals surface area contributed by atoms with Crippen molar-refractivity contribution in [3.05, 3.63) is 133 Å². The molecule has 0 fully saturated rings. The second kappa shape index (κ2) is 9.02. The van der Waals surface area contributed by atoms with E-state index in [1.807, 2.05) is 18.2 Å². The molecule has 3 aromatic heterocycles. The monoisotopic (exact) mass is 540 g/mol. The fourth-order valence-electron chi connectivity index (χ4n) is 6.37. The van der Waals surface area contributed by atoms with E-state index in [4.69, 9.17) is 18.8 Å². The summed E-state index contributed by atoms with van der Waals surface area (Å²) < 4.78 is 12.9. The molecule has 42 heavy (non-hydrogen) atoms. The molecule has 0 bridgehead atoms. The number of hydrogen-bond acceptors (Lipinski definition) is 4. The molecule has 4 heteroatoms. The second-order valence-corrected chi connectivity index (χ2v) is 10.9. The van der Waals surface area contributed by atoms with Crippen molar-refractivity contribution in [3.63, 3.8) is 0 Å². The van der Waals surface area contributed by atoms with E-state index in [1.165, 1.54) is 16.5 Å². The molecule has 0 aliphatic heterocycles. The van der Waals surface area contributed by atoms with E-state index >= 15 is 0 Å². The molecule has 0 radical (unpaired) electrons. The van der Waals surface area contributed by atoms with E-state index in [-0.39, 0.29) is 5.92 Å². The van der Waals surface area contributed by atoms with Crippen molar-refractivity contribution in [1.29, 1.82) is 0 Å². The lowest BCUT2D eigenvalue weighted by atomic mass is 9.95. The highest BCUT2D eigenvalue weighted by Crippen LogP contribution is 2.41. The minimum atomic E-state index is 0.123. The molecule has 0 N–H and O–H groups in total. The molecule has 4 nitrogen and oxygen atoms in total. The van der Waals surface area contributed by atoms with Crippen LogP contribution in [0.4, 0.5) is 0 Å². The molecule has 198 valence electrons. The van der Waals surface area contributed by atoms with Crippen LogP contribution in [0.5, 0.6) is 0 Å². The normalized spacial score (nSPS) is 15.1. The van der Waals surface area contributed by atoms with E-state index in [0.717, 1.165) is 67.1 Å². The first-order valence-electron chi connectivity index (χ1n) is 14.3. The van der Waals surface area contributed by atoms with E-state index in [2.05, 4.69) is 109 Å². The Kier molecular flexibility index (Phi) is 4.99. The third kappa shape index (κ3) is 3.48. The largest absolute Gasteiger partial charge is 0.455 e. The van der Waals surface area contributed by atoms with Crippen LogP contribution in [-0.4, -0.2) is 9.97 Å². The lowest BCUT2D eigenvalue weighted by Crippen LogP contribution is -2.03. The number of aromatic nitrogens is 2. The maximum atomic E-state index is 6.61. The van der Waals surface area contributed by atoms with Crippen molar-refractivity contribution in [2.75, 3.05) is 0 Å². The number of furan rings is 2. The van der Waals surface area contributed by atoms with Crippen LogP contribution >= 0.6 is 0 Å². The van der Waals surface area contributed by atoms with Gasteiger partial charge in [0.05, 0.1) is 5.69 Å². The van der Waals surface area contributed by atoms with Gasteiger partial charge >= 0.3 is 0 Å². The van der Waals surface area contributed by atoms with Crippen LogP contribution in [0.15, 0.2) is 136 Å². The van der Waals surface area contributed by atoms with Gasteiger partial charge in [-0.1, -0.05) is 97.1 Å². The van der Waals surface area contributed by atoms with Gasteiger partial charge in [0.1, 0.15) is 22.3 Å². The van der Waals surface area contributed by atoms with Gasteiger partial charge in [0.15, 0.2) is 11.4 Å². The minimum Gasteiger partial charge on any atom is -0.455 e. The summed E-state index contributed by atoms with van der Waals surface area (Å²) in [5.74, 6) is 0.793. The predicted octanol–water partition coefficient (Wildman–Crippen LogP) is 10.4. The number of allylic oxidation sites excluding steroid dienone is 4. The number of nitrogens with zero attached hydrogens (tertiary/aromatic N) is 2. The first kappa shape index (κ1) is 23.2. The summed E-state index contributed by atoms with van der Waals surface area (Å²) in [6.07, 6.45) is 9.40. The Morgan fingerprint density at radius 3 is 2.21 bits per heavy atom. The summed E-state index contributed by atoms with van der Waals surface area (Å²) in [6, 6.07) is 35.7. The van der Waals surface area contributed by atoms with Crippen molar-refractivity contribution >= 4 is 54.8 Å². The van der Waals surface area contributed by atoms with Crippen LogP contribution in [0, 0.1) is 0 Å². The fourth-order valence-corrected chi connectivity index (χ4v) is 6.37. The van der Waals surface area contributed by atoms with E-state index in [1.54, 1.807) is 0 Å². The van der Waals surface area contributed by atoms with Gasteiger partial charge in [-0.2, -0.15) is 0 Å². The van der Waals surface area contributed by atoms with Gasteiger partial charge in [-0.3, -0.25) is 0 Å². The fraction of sp³-hybridized carbons (Fsp3) is 0.0526. The lowest BCUT2D eigenvalue weighted by Gasteiger charge is -2.14. The SMILES string of the molecule is C1=CCC(c2nc(-c3ccc4c(c3)oc3c5ccccc5c(-c5ccccc5)cc43)nc3c2oc2ccccc23)C=C1. The summed E-state index contributed by atoms with van der Waals surface area (Å²) in [6.45, 7) is 0. The molecule has 9 rings (SSSR count). The van der Waals surface area contributed by atoms with Gasteiger partial charge < -0.3 is 8.83 Å². The lowest BCUT2D eigenvalue weighted by molar-refractivity contribution is 0.649. The molecular weight excluding hydrogens is 516 g/mol. The molecule has 0 saturated carbocycles. The molecular formula is C38H24N2O2. The van der Waals surface area contributed by atoms with Crippen LogP contribution in [0.1, 0.15) is 18.0 Å². The van der Waals surface area contributed by atoms with Gasteiger partial charge in [-0.05, 0) is 53.3 Å². The molecule has 0 spiro atoms. The number of benzene rings is 5. The third-order valence-corrected chi connectivity index (χ3v) is 8.40. The zero-order chi connectivity index (χ0) is 27.6. The van der Waals surface area contributed by atoms with Crippen molar-refractivity contribution in [2.24, 2.45) is 0 Å². The van der Waals surface area contributed by atoms with Crippen LogP contribution in [-0.2, 0) is 0 Å². The third-order valence-electron chi connectivity index (χ3n) is 8.40. The summed E-state index contributed by atoms with van der Waals surface area (Å²) >= 11 is 0. The van der Waals surface area contributed by atoms with Gasteiger partial charge in [-0.15, -0.1) is 0 Å². The first-order valence-corrected chi connectivity index (χ1v) is 14.3. The topological polar surface area (TPSA) is 52.1 Å². The zero-order valence-corrected chi connectivity index (χ0v) is 22.6. The van der Waals surface area contributed by atoms with E-state index < -0.39 is 0 Å². The summed E-state index contributed by atoms with van der Waals surface area (Å²) in [7, 11) is 0. The maximum absolute atomic E-state index is 6.61. The predicted molar refractivity (Wildman–Crippen MR) is 171 cm³/mol. The first-order chi connectivity index (χ1) is 20.8. The van der Waals surface area contributed by atoms with Crippen molar-refractivity contribution in [2.45, 2.75) is 12.3 Å². The van der Waals surface area contributed by atoms with Crippen LogP contribution in [0.2, 0.25) is 0 Å². The maximum Gasteiger partial charge on any atom is 0.176 e. The molecule has 1 unspecified atom stereocenters. The number of rotatable bonds is 3. The van der Waals surface area contributed by atoms with Crippen molar-refractivity contribution in [1.82, 2.24) is 9.97 Å². The molecule has 1 aliphatic rings. The molecule has 0 saturated heterocycles. The molecule has 1 aliphatic carbocycles. The van der Waals surface area contributed by atoms with Crippen molar-refractivity contribution < 1.29 is 8.83 Å². The molecule has 5 aromatic carbocycles. The quantitative estimate of drug-likeness (QED) is 0.224. The average molecular weight is 541 g/mol. The van der Waals surface area contributed by atoms with Gasteiger partial charge in [-0.25, -0.2) is 9.97 Å². The molecule has 8 aromatic rings. The Labute approximate surface area is 241 Å². The van der Waals surface area contributed by atoms with Crippen LogP contribution in [0.3, 0.4) is 0 Å². The highest BCUT2D eigenvalue weighted by molar-refractivity contribution is 6.19. The Balaban J connectivity index is 1.28. The number of hydrogen-bond donors (Lipinski definition) is 0. The smallest absolute Gasteiger partial charge is 0.176 e. The molecule has 1 atom stereocenters. The van der Waals surface area contributed by atoms with Crippen LogP contribution < -0.4 is 0 Å². The molecule has 3 heterocycles. The Morgan fingerprint density at radius 1 is 0.571 bits per heavy atom. The van der Waals surface area contributed by atoms with E-state index in [0.29, 0.717) is 5.82 Å².